The molecule has 0 N–H and O–H groups in total. The first kappa shape index (κ1) is 13.9. The summed E-state index contributed by atoms with van der Waals surface area (Å²) in [7, 11) is 0. The van der Waals surface area contributed by atoms with Crippen LogP contribution in [-0.2, 0) is 11.3 Å². The number of piperidine rings is 1. The van der Waals surface area contributed by atoms with Crippen LogP contribution in [0.3, 0.4) is 0 Å². The molecule has 1 aromatic heterocycles. The van der Waals surface area contributed by atoms with E-state index < -0.39 is 0 Å². The van der Waals surface area contributed by atoms with Crippen LogP contribution in [0.5, 0.6) is 0 Å². The lowest BCUT2D eigenvalue weighted by Crippen LogP contribution is -2.40. The monoisotopic (exact) mass is 283 g/mol. The summed E-state index contributed by atoms with van der Waals surface area (Å²) in [4.78, 5) is 14.6. The van der Waals surface area contributed by atoms with Gasteiger partial charge in [-0.1, -0.05) is 29.8 Å². The van der Waals surface area contributed by atoms with Gasteiger partial charge in [0.1, 0.15) is 6.54 Å². The summed E-state index contributed by atoms with van der Waals surface area (Å²) >= 11 is 0. The molecule has 0 saturated carbocycles. The summed E-state index contributed by atoms with van der Waals surface area (Å²) in [5, 5.41) is 4.13. The number of nitrogens with zero attached hydrogens (tertiary/aromatic N) is 3. The fraction of sp³-hybridized carbons (Fsp3) is 0.412. The Hall–Kier alpha value is -2.10. The number of rotatable bonds is 3. The fourth-order valence-corrected chi connectivity index (χ4v) is 2.99. The van der Waals surface area contributed by atoms with Gasteiger partial charge in [0.15, 0.2) is 0 Å². The zero-order chi connectivity index (χ0) is 14.7. The Morgan fingerprint density at radius 2 is 2.10 bits per heavy atom. The van der Waals surface area contributed by atoms with E-state index in [0.29, 0.717) is 6.54 Å². The van der Waals surface area contributed by atoms with Crippen LogP contribution < -0.4 is 0 Å². The van der Waals surface area contributed by atoms with Crippen LogP contribution in [-0.4, -0.2) is 27.1 Å². The van der Waals surface area contributed by atoms with Crippen molar-refractivity contribution in [1.82, 2.24) is 14.7 Å². The van der Waals surface area contributed by atoms with Gasteiger partial charge in [0.25, 0.3) is 0 Å². The SMILES string of the molecule is Cc1ccc(C2CCCCN2C(=O)Cn2cccn2)cc1. The third-order valence-electron chi connectivity index (χ3n) is 4.14. The molecule has 1 amide bonds. The molecule has 1 unspecified atom stereocenters. The summed E-state index contributed by atoms with van der Waals surface area (Å²) in [6, 6.07) is 10.6. The maximum absolute atomic E-state index is 12.6. The smallest absolute Gasteiger partial charge is 0.244 e. The number of benzene rings is 1. The predicted molar refractivity (Wildman–Crippen MR) is 81.7 cm³/mol. The minimum absolute atomic E-state index is 0.156. The highest BCUT2D eigenvalue weighted by Crippen LogP contribution is 2.31. The van der Waals surface area contributed by atoms with E-state index in [4.69, 9.17) is 0 Å². The van der Waals surface area contributed by atoms with Crippen molar-refractivity contribution in [2.45, 2.75) is 38.8 Å². The Kier molecular flexibility index (Phi) is 4.04. The third kappa shape index (κ3) is 3.15. The van der Waals surface area contributed by atoms with E-state index in [1.807, 2.05) is 17.2 Å². The molecule has 2 heterocycles. The topological polar surface area (TPSA) is 38.1 Å². The number of amides is 1. The summed E-state index contributed by atoms with van der Waals surface area (Å²) in [6.45, 7) is 3.26. The molecule has 1 saturated heterocycles. The van der Waals surface area contributed by atoms with E-state index in [-0.39, 0.29) is 11.9 Å². The van der Waals surface area contributed by atoms with Crippen LogP contribution in [0.25, 0.3) is 0 Å². The Morgan fingerprint density at radius 3 is 2.81 bits per heavy atom. The van der Waals surface area contributed by atoms with Crippen molar-refractivity contribution in [3.63, 3.8) is 0 Å². The molecule has 2 aromatic rings. The van der Waals surface area contributed by atoms with Gasteiger partial charge in [-0.3, -0.25) is 9.48 Å². The molecule has 4 heteroatoms. The zero-order valence-electron chi connectivity index (χ0n) is 12.4. The minimum atomic E-state index is 0.156. The Bertz CT molecular complexity index is 589. The maximum atomic E-state index is 12.6. The molecule has 1 aromatic carbocycles. The molecule has 0 aliphatic carbocycles. The van der Waals surface area contributed by atoms with Crippen molar-refractivity contribution < 1.29 is 4.79 Å². The van der Waals surface area contributed by atoms with E-state index >= 15 is 0 Å². The molecule has 3 rings (SSSR count). The molecule has 1 aliphatic rings. The van der Waals surface area contributed by atoms with Crippen LogP contribution in [0.4, 0.5) is 0 Å². The van der Waals surface area contributed by atoms with Gasteiger partial charge in [-0.05, 0) is 37.8 Å². The van der Waals surface area contributed by atoms with Crippen LogP contribution in [0.1, 0.15) is 36.4 Å². The van der Waals surface area contributed by atoms with Gasteiger partial charge < -0.3 is 4.90 Å². The van der Waals surface area contributed by atoms with Gasteiger partial charge in [-0.25, -0.2) is 0 Å². The molecule has 1 fully saturated rings. The van der Waals surface area contributed by atoms with Crippen molar-refractivity contribution in [1.29, 1.82) is 0 Å². The van der Waals surface area contributed by atoms with Gasteiger partial charge >= 0.3 is 0 Å². The second-order valence-corrected chi connectivity index (χ2v) is 5.71. The van der Waals surface area contributed by atoms with E-state index in [2.05, 4.69) is 36.3 Å². The maximum Gasteiger partial charge on any atom is 0.244 e. The van der Waals surface area contributed by atoms with E-state index in [0.717, 1.165) is 19.4 Å². The first-order valence-electron chi connectivity index (χ1n) is 7.57. The molecule has 21 heavy (non-hydrogen) atoms. The normalized spacial score (nSPS) is 18.7. The lowest BCUT2D eigenvalue weighted by atomic mass is 9.94. The molecule has 1 aliphatic heterocycles. The average Bonchev–Trinajstić information content (AvgIpc) is 3.01. The average molecular weight is 283 g/mol. The second-order valence-electron chi connectivity index (χ2n) is 5.71. The van der Waals surface area contributed by atoms with E-state index in [1.54, 1.807) is 10.9 Å². The molecule has 4 nitrogen and oxygen atoms in total. The van der Waals surface area contributed by atoms with Crippen molar-refractivity contribution in [3.05, 3.63) is 53.9 Å². The van der Waals surface area contributed by atoms with Gasteiger partial charge in [-0.2, -0.15) is 5.10 Å². The Balaban J connectivity index is 1.77. The molecular formula is C17H21N3O. The largest absolute Gasteiger partial charge is 0.334 e. The van der Waals surface area contributed by atoms with Crippen molar-refractivity contribution in [2.24, 2.45) is 0 Å². The summed E-state index contributed by atoms with van der Waals surface area (Å²) < 4.78 is 1.70. The molecule has 110 valence electrons. The van der Waals surface area contributed by atoms with Crippen molar-refractivity contribution in [2.75, 3.05) is 6.54 Å². The quantitative estimate of drug-likeness (QED) is 0.868. The number of aryl methyl sites for hydroxylation is 1. The van der Waals surface area contributed by atoms with Gasteiger partial charge in [0.2, 0.25) is 5.91 Å². The van der Waals surface area contributed by atoms with Crippen molar-refractivity contribution in [3.8, 4) is 0 Å². The number of carbonyl (C=O) groups excluding carboxylic acids is 1. The van der Waals surface area contributed by atoms with Crippen LogP contribution in [0, 0.1) is 6.92 Å². The Morgan fingerprint density at radius 1 is 1.29 bits per heavy atom. The molecular weight excluding hydrogens is 262 g/mol. The van der Waals surface area contributed by atoms with E-state index in [1.165, 1.54) is 17.5 Å². The fourth-order valence-electron chi connectivity index (χ4n) is 2.99. The first-order chi connectivity index (χ1) is 10.2. The number of hydrogen-bond acceptors (Lipinski definition) is 2. The summed E-state index contributed by atoms with van der Waals surface area (Å²) in [6.07, 6.45) is 6.87. The number of aromatic nitrogens is 2. The molecule has 1 atom stereocenters. The second kappa shape index (κ2) is 6.12. The summed E-state index contributed by atoms with van der Waals surface area (Å²) in [5.41, 5.74) is 2.50. The van der Waals surface area contributed by atoms with Gasteiger partial charge in [0, 0.05) is 18.9 Å². The molecule has 0 bridgehead atoms. The first-order valence-corrected chi connectivity index (χ1v) is 7.57. The highest BCUT2D eigenvalue weighted by atomic mass is 16.2. The number of hydrogen-bond donors (Lipinski definition) is 0. The van der Waals surface area contributed by atoms with Crippen molar-refractivity contribution >= 4 is 5.91 Å². The van der Waals surface area contributed by atoms with Crippen LogP contribution in [0.15, 0.2) is 42.7 Å². The third-order valence-corrected chi connectivity index (χ3v) is 4.14. The number of likely N-dealkylation sites (tertiary alicyclic amines) is 1. The molecule has 0 radical (unpaired) electrons. The van der Waals surface area contributed by atoms with Gasteiger partial charge in [-0.15, -0.1) is 0 Å². The standard InChI is InChI=1S/C17H21N3O/c1-14-6-8-15(9-7-14)16-5-2-3-12-20(16)17(21)13-19-11-4-10-18-19/h4,6-11,16H,2-3,5,12-13H2,1H3. The highest BCUT2D eigenvalue weighted by molar-refractivity contribution is 5.76. The minimum Gasteiger partial charge on any atom is -0.334 e. The number of carbonyl (C=O) groups is 1. The lowest BCUT2D eigenvalue weighted by Gasteiger charge is -2.36. The van der Waals surface area contributed by atoms with Crippen LogP contribution in [0.2, 0.25) is 0 Å². The van der Waals surface area contributed by atoms with E-state index in [9.17, 15) is 4.79 Å². The summed E-state index contributed by atoms with van der Waals surface area (Å²) in [5.74, 6) is 0.156. The van der Waals surface area contributed by atoms with Crippen LogP contribution >= 0.6 is 0 Å². The lowest BCUT2D eigenvalue weighted by molar-refractivity contribution is -0.135. The van der Waals surface area contributed by atoms with Gasteiger partial charge in [0.05, 0.1) is 6.04 Å². The predicted octanol–water partition coefficient (Wildman–Crippen LogP) is 2.95. The Labute approximate surface area is 125 Å². The molecule has 0 spiro atoms. The zero-order valence-corrected chi connectivity index (χ0v) is 12.4. The highest BCUT2D eigenvalue weighted by Gasteiger charge is 2.27.